The lowest BCUT2D eigenvalue weighted by molar-refractivity contribution is -0.134. The Labute approximate surface area is 137 Å². The fourth-order valence-corrected chi connectivity index (χ4v) is 3.24. The fourth-order valence-electron chi connectivity index (χ4n) is 3.24. The van der Waals surface area contributed by atoms with Crippen LogP contribution < -0.4 is 5.32 Å². The molecule has 2 aliphatic rings. The van der Waals surface area contributed by atoms with Crippen LogP contribution in [-0.4, -0.2) is 43.0 Å². The molecule has 1 saturated heterocycles. The molecule has 5 nitrogen and oxygen atoms in total. The zero-order chi connectivity index (χ0) is 16.1. The lowest BCUT2D eigenvalue weighted by Gasteiger charge is -2.26. The van der Waals surface area contributed by atoms with Crippen LogP contribution in [0.25, 0.3) is 0 Å². The second kappa shape index (κ2) is 7.59. The molecule has 1 aliphatic carbocycles. The van der Waals surface area contributed by atoms with Gasteiger partial charge in [-0.3, -0.25) is 9.59 Å². The molecule has 1 saturated carbocycles. The number of carbonyl (C=O) groups is 2. The predicted molar refractivity (Wildman–Crippen MR) is 88.1 cm³/mol. The van der Waals surface area contributed by atoms with Crippen LogP contribution in [0.15, 0.2) is 24.3 Å². The zero-order valence-corrected chi connectivity index (χ0v) is 13.4. The first-order chi connectivity index (χ1) is 11.2. The summed E-state index contributed by atoms with van der Waals surface area (Å²) in [5, 5.41) is 2.98. The summed E-state index contributed by atoms with van der Waals surface area (Å²) >= 11 is 0. The summed E-state index contributed by atoms with van der Waals surface area (Å²) in [4.78, 5) is 26.2. The Morgan fingerprint density at radius 3 is 2.39 bits per heavy atom. The molecule has 0 bridgehead atoms. The van der Waals surface area contributed by atoms with Gasteiger partial charge in [-0.15, -0.1) is 0 Å². The Morgan fingerprint density at radius 1 is 1.09 bits per heavy atom. The number of carbonyl (C=O) groups excluding carboxylic acids is 2. The van der Waals surface area contributed by atoms with Gasteiger partial charge < -0.3 is 15.0 Å². The Morgan fingerprint density at radius 2 is 1.74 bits per heavy atom. The van der Waals surface area contributed by atoms with Crippen LogP contribution in [0.1, 0.15) is 31.2 Å². The molecule has 0 unspecified atom stereocenters. The molecule has 124 valence electrons. The van der Waals surface area contributed by atoms with Crippen molar-refractivity contribution >= 4 is 17.5 Å². The smallest absolute Gasteiger partial charge is 0.227 e. The lowest BCUT2D eigenvalue weighted by atomic mass is 10.1. The summed E-state index contributed by atoms with van der Waals surface area (Å²) in [5.41, 5.74) is 1.78. The van der Waals surface area contributed by atoms with Crippen molar-refractivity contribution < 1.29 is 14.3 Å². The highest BCUT2D eigenvalue weighted by Crippen LogP contribution is 2.26. The highest BCUT2D eigenvalue weighted by atomic mass is 16.5. The van der Waals surface area contributed by atoms with E-state index in [1.807, 2.05) is 29.2 Å². The van der Waals surface area contributed by atoms with Gasteiger partial charge in [-0.2, -0.15) is 0 Å². The third kappa shape index (κ3) is 4.32. The maximum atomic E-state index is 12.2. The van der Waals surface area contributed by atoms with E-state index in [0.717, 1.165) is 36.9 Å². The molecule has 1 aromatic rings. The third-order valence-electron chi connectivity index (χ3n) is 4.67. The Kier molecular flexibility index (Phi) is 5.28. The maximum absolute atomic E-state index is 12.2. The molecule has 1 heterocycles. The Balaban J connectivity index is 1.52. The Bertz CT molecular complexity index is 544. The molecule has 2 fully saturated rings. The highest BCUT2D eigenvalue weighted by Gasteiger charge is 2.22. The van der Waals surface area contributed by atoms with Gasteiger partial charge in [0.2, 0.25) is 11.8 Å². The van der Waals surface area contributed by atoms with E-state index in [9.17, 15) is 9.59 Å². The molecular weight excluding hydrogens is 292 g/mol. The third-order valence-corrected chi connectivity index (χ3v) is 4.67. The van der Waals surface area contributed by atoms with Crippen molar-refractivity contribution in [3.05, 3.63) is 29.8 Å². The van der Waals surface area contributed by atoms with Crippen molar-refractivity contribution in [1.29, 1.82) is 0 Å². The second-order valence-electron chi connectivity index (χ2n) is 6.34. The van der Waals surface area contributed by atoms with Crippen molar-refractivity contribution in [2.75, 3.05) is 31.6 Å². The van der Waals surface area contributed by atoms with E-state index >= 15 is 0 Å². The quantitative estimate of drug-likeness (QED) is 0.926. The largest absolute Gasteiger partial charge is 0.378 e. The van der Waals surface area contributed by atoms with Crippen LogP contribution in [0, 0.1) is 5.92 Å². The summed E-state index contributed by atoms with van der Waals surface area (Å²) in [6, 6.07) is 7.61. The van der Waals surface area contributed by atoms with Crippen LogP contribution in [0.3, 0.4) is 0 Å². The molecule has 3 rings (SSSR count). The van der Waals surface area contributed by atoms with Crippen molar-refractivity contribution in [3.63, 3.8) is 0 Å². The average molecular weight is 316 g/mol. The number of rotatable bonds is 4. The van der Waals surface area contributed by atoms with Crippen LogP contribution in [0.5, 0.6) is 0 Å². The van der Waals surface area contributed by atoms with Gasteiger partial charge in [0, 0.05) is 24.7 Å². The van der Waals surface area contributed by atoms with E-state index in [-0.39, 0.29) is 17.7 Å². The van der Waals surface area contributed by atoms with Crippen LogP contribution in [0.4, 0.5) is 5.69 Å². The molecular formula is C18H24N2O3. The summed E-state index contributed by atoms with van der Waals surface area (Å²) < 4.78 is 5.26. The molecule has 23 heavy (non-hydrogen) atoms. The molecule has 0 atom stereocenters. The SMILES string of the molecule is O=C(Nc1ccc(CC(=O)N2CCOCC2)cc1)C1CCCC1. The van der Waals surface area contributed by atoms with E-state index in [4.69, 9.17) is 4.74 Å². The summed E-state index contributed by atoms with van der Waals surface area (Å²) in [6.07, 6.45) is 4.70. The number of nitrogens with zero attached hydrogens (tertiary/aromatic N) is 1. The average Bonchev–Trinajstić information content (AvgIpc) is 3.12. The van der Waals surface area contributed by atoms with Crippen molar-refractivity contribution in [2.24, 2.45) is 5.92 Å². The number of hydrogen-bond donors (Lipinski definition) is 1. The van der Waals surface area contributed by atoms with Gasteiger partial charge in [-0.05, 0) is 30.5 Å². The number of ether oxygens (including phenoxy) is 1. The van der Waals surface area contributed by atoms with Gasteiger partial charge >= 0.3 is 0 Å². The number of nitrogens with one attached hydrogen (secondary N) is 1. The molecule has 1 N–H and O–H groups in total. The molecule has 5 heteroatoms. The first kappa shape index (κ1) is 16.0. The van der Waals surface area contributed by atoms with Crippen molar-refractivity contribution in [2.45, 2.75) is 32.1 Å². The maximum Gasteiger partial charge on any atom is 0.227 e. The van der Waals surface area contributed by atoms with Gasteiger partial charge in [-0.1, -0.05) is 25.0 Å². The molecule has 0 spiro atoms. The first-order valence-corrected chi connectivity index (χ1v) is 8.48. The zero-order valence-electron chi connectivity index (χ0n) is 13.4. The van der Waals surface area contributed by atoms with E-state index in [0.29, 0.717) is 32.7 Å². The van der Waals surface area contributed by atoms with Crippen molar-refractivity contribution in [3.8, 4) is 0 Å². The molecule has 0 aromatic heterocycles. The van der Waals surface area contributed by atoms with Gasteiger partial charge in [0.25, 0.3) is 0 Å². The van der Waals surface area contributed by atoms with Crippen LogP contribution in [0.2, 0.25) is 0 Å². The summed E-state index contributed by atoms with van der Waals surface area (Å²) in [6.45, 7) is 2.60. The lowest BCUT2D eigenvalue weighted by Crippen LogP contribution is -2.41. The monoisotopic (exact) mass is 316 g/mol. The molecule has 2 amide bonds. The van der Waals surface area contributed by atoms with E-state index < -0.39 is 0 Å². The second-order valence-corrected chi connectivity index (χ2v) is 6.34. The van der Waals surface area contributed by atoms with Gasteiger partial charge in [0.15, 0.2) is 0 Å². The number of anilines is 1. The molecule has 1 aliphatic heterocycles. The topological polar surface area (TPSA) is 58.6 Å². The first-order valence-electron chi connectivity index (χ1n) is 8.48. The minimum atomic E-state index is 0.125. The van der Waals surface area contributed by atoms with Gasteiger partial charge in [0.1, 0.15) is 0 Å². The van der Waals surface area contributed by atoms with Crippen LogP contribution in [-0.2, 0) is 20.7 Å². The van der Waals surface area contributed by atoms with E-state index in [2.05, 4.69) is 5.32 Å². The molecule has 0 radical (unpaired) electrons. The predicted octanol–water partition coefficient (Wildman–Crippen LogP) is 2.22. The highest BCUT2D eigenvalue weighted by molar-refractivity contribution is 5.92. The van der Waals surface area contributed by atoms with Gasteiger partial charge in [-0.25, -0.2) is 0 Å². The Hall–Kier alpha value is -1.88. The minimum Gasteiger partial charge on any atom is -0.378 e. The van der Waals surface area contributed by atoms with E-state index in [1.54, 1.807) is 0 Å². The number of benzene rings is 1. The minimum absolute atomic E-state index is 0.125. The number of morpholine rings is 1. The number of hydrogen-bond acceptors (Lipinski definition) is 3. The fraction of sp³-hybridized carbons (Fsp3) is 0.556. The summed E-state index contributed by atoms with van der Waals surface area (Å²) in [7, 11) is 0. The molecule has 1 aromatic carbocycles. The normalized spacial score (nSPS) is 18.9. The summed E-state index contributed by atoms with van der Waals surface area (Å²) in [5.74, 6) is 0.424. The standard InChI is InChI=1S/C18H24N2O3/c21-17(20-9-11-23-12-10-20)13-14-5-7-16(8-6-14)19-18(22)15-3-1-2-4-15/h5-8,15H,1-4,9-13H2,(H,19,22). The number of amides is 2. The van der Waals surface area contributed by atoms with E-state index in [1.165, 1.54) is 0 Å². The van der Waals surface area contributed by atoms with Crippen LogP contribution >= 0.6 is 0 Å². The van der Waals surface area contributed by atoms with Gasteiger partial charge in [0.05, 0.1) is 19.6 Å². The van der Waals surface area contributed by atoms with Crippen molar-refractivity contribution in [1.82, 2.24) is 4.90 Å².